The van der Waals surface area contributed by atoms with Gasteiger partial charge in [0.25, 0.3) is 0 Å². The van der Waals surface area contributed by atoms with Gasteiger partial charge in [-0.15, -0.1) is 22.6 Å². The summed E-state index contributed by atoms with van der Waals surface area (Å²) in [6.45, 7) is 1.00. The molecule has 0 amide bonds. The van der Waals surface area contributed by atoms with Crippen molar-refractivity contribution in [2.24, 2.45) is 0 Å². The summed E-state index contributed by atoms with van der Waals surface area (Å²) in [6.07, 6.45) is 3.82. The highest BCUT2D eigenvalue weighted by Gasteiger charge is 2.22. The maximum Gasteiger partial charge on any atom is 0.154 e. The van der Waals surface area contributed by atoms with Gasteiger partial charge >= 0.3 is 0 Å². The average Bonchev–Trinajstić information content (AvgIpc) is 3.00. The molecule has 2 aromatic rings. The summed E-state index contributed by atoms with van der Waals surface area (Å²) in [7, 11) is 0. The van der Waals surface area contributed by atoms with E-state index in [1.807, 2.05) is 10.6 Å². The van der Waals surface area contributed by atoms with Crippen LogP contribution in [0.1, 0.15) is 24.7 Å². The molecular formula is C12H14ClFN4. The molecule has 1 aromatic carbocycles. The second-order valence-electron chi connectivity index (χ2n) is 4.19. The quantitative estimate of drug-likeness (QED) is 0.908. The Morgan fingerprint density at radius 3 is 3.00 bits per heavy atom. The fourth-order valence-corrected chi connectivity index (χ4v) is 2.21. The van der Waals surface area contributed by atoms with E-state index >= 15 is 0 Å². The lowest BCUT2D eigenvalue weighted by atomic mass is 10.2. The van der Waals surface area contributed by atoms with Gasteiger partial charge in [0.1, 0.15) is 12.1 Å². The minimum atomic E-state index is -0.249. The van der Waals surface area contributed by atoms with Crippen molar-refractivity contribution in [3.05, 3.63) is 42.2 Å². The Bertz CT molecular complexity index is 522. The molecule has 0 radical (unpaired) electrons. The maximum atomic E-state index is 13.2. The predicted octanol–water partition coefficient (Wildman–Crippen LogP) is 2.25. The van der Waals surface area contributed by atoms with Crippen LogP contribution in [0, 0.1) is 5.82 Å². The third-order valence-corrected chi connectivity index (χ3v) is 3.03. The monoisotopic (exact) mass is 268 g/mol. The molecule has 1 saturated heterocycles. The number of nitrogens with one attached hydrogen (secondary N) is 1. The van der Waals surface area contributed by atoms with Crippen molar-refractivity contribution < 1.29 is 4.39 Å². The van der Waals surface area contributed by atoms with Crippen molar-refractivity contribution in [3.8, 4) is 5.69 Å². The van der Waals surface area contributed by atoms with E-state index in [0.29, 0.717) is 0 Å². The summed E-state index contributed by atoms with van der Waals surface area (Å²) in [5, 5.41) is 11.4. The minimum absolute atomic E-state index is 0. The molecule has 3 rings (SSSR count). The lowest BCUT2D eigenvalue weighted by Crippen LogP contribution is -2.17. The first-order valence-corrected chi connectivity index (χ1v) is 5.74. The van der Waals surface area contributed by atoms with Crippen LogP contribution in [-0.4, -0.2) is 21.3 Å². The number of rotatable bonds is 2. The molecule has 4 nitrogen and oxygen atoms in total. The summed E-state index contributed by atoms with van der Waals surface area (Å²) in [5.74, 6) is 0.606. The van der Waals surface area contributed by atoms with Gasteiger partial charge in [0.15, 0.2) is 5.82 Å². The van der Waals surface area contributed by atoms with Crippen LogP contribution in [0.5, 0.6) is 0 Å². The summed E-state index contributed by atoms with van der Waals surface area (Å²) in [6, 6.07) is 6.69. The smallest absolute Gasteiger partial charge is 0.154 e. The normalized spacial score (nSPS) is 18.6. The van der Waals surface area contributed by atoms with Crippen LogP contribution in [0.2, 0.25) is 0 Å². The molecule has 1 fully saturated rings. The Balaban J connectivity index is 0.00000120. The highest BCUT2D eigenvalue weighted by molar-refractivity contribution is 5.85. The first-order chi connectivity index (χ1) is 8.34. The Labute approximate surface area is 111 Å². The van der Waals surface area contributed by atoms with Gasteiger partial charge in [0.2, 0.25) is 0 Å². The molecule has 6 heteroatoms. The van der Waals surface area contributed by atoms with E-state index in [4.69, 9.17) is 0 Å². The van der Waals surface area contributed by atoms with E-state index in [-0.39, 0.29) is 24.3 Å². The van der Waals surface area contributed by atoms with Crippen molar-refractivity contribution in [3.63, 3.8) is 0 Å². The summed E-state index contributed by atoms with van der Waals surface area (Å²) in [4.78, 5) is 0. The Morgan fingerprint density at radius 2 is 2.28 bits per heavy atom. The Morgan fingerprint density at radius 1 is 1.39 bits per heavy atom. The van der Waals surface area contributed by atoms with Crippen LogP contribution in [0.15, 0.2) is 30.6 Å². The van der Waals surface area contributed by atoms with Gasteiger partial charge < -0.3 is 5.32 Å². The van der Waals surface area contributed by atoms with Gasteiger partial charge in [-0.2, -0.15) is 0 Å². The van der Waals surface area contributed by atoms with Gasteiger partial charge in [-0.05, 0) is 37.6 Å². The number of hydrogen-bond donors (Lipinski definition) is 1. The molecule has 1 aromatic heterocycles. The van der Waals surface area contributed by atoms with Gasteiger partial charge in [-0.25, -0.2) is 4.39 Å². The molecule has 1 atom stereocenters. The van der Waals surface area contributed by atoms with Crippen molar-refractivity contribution in [2.75, 3.05) is 6.54 Å². The molecule has 0 aliphatic carbocycles. The molecule has 1 aliphatic heterocycles. The lowest BCUT2D eigenvalue weighted by Gasteiger charge is -2.11. The van der Waals surface area contributed by atoms with Gasteiger partial charge in [-0.3, -0.25) is 4.57 Å². The van der Waals surface area contributed by atoms with E-state index in [1.165, 1.54) is 12.1 Å². The minimum Gasteiger partial charge on any atom is -0.307 e. The van der Waals surface area contributed by atoms with Gasteiger partial charge in [0, 0.05) is 0 Å². The third-order valence-electron chi connectivity index (χ3n) is 3.03. The number of halogens is 2. The zero-order valence-corrected chi connectivity index (χ0v) is 10.5. The first kappa shape index (κ1) is 13.0. The predicted molar refractivity (Wildman–Crippen MR) is 68.5 cm³/mol. The Kier molecular flexibility index (Phi) is 3.93. The standard InChI is InChI=1S/C12H13FN4.ClH/c13-9-3-1-4-10(7-9)17-8-15-16-12(17)11-5-2-6-14-11;/h1,3-4,7-8,11,14H,2,5-6H2;1H. The van der Waals surface area contributed by atoms with Crippen LogP contribution >= 0.6 is 12.4 Å². The molecule has 1 aliphatic rings. The number of hydrogen-bond acceptors (Lipinski definition) is 3. The molecule has 1 unspecified atom stereocenters. The second kappa shape index (κ2) is 5.46. The summed E-state index contributed by atoms with van der Waals surface area (Å²) in [5.41, 5.74) is 0.763. The number of benzene rings is 1. The Hall–Kier alpha value is -1.46. The van der Waals surface area contributed by atoms with Crippen molar-refractivity contribution in [1.29, 1.82) is 0 Å². The van der Waals surface area contributed by atoms with Crippen LogP contribution < -0.4 is 5.32 Å². The zero-order valence-electron chi connectivity index (χ0n) is 9.71. The third kappa shape index (κ3) is 2.37. The number of nitrogens with zero attached hydrogens (tertiary/aromatic N) is 3. The zero-order chi connectivity index (χ0) is 11.7. The van der Waals surface area contributed by atoms with Crippen molar-refractivity contribution in [2.45, 2.75) is 18.9 Å². The molecule has 0 bridgehead atoms. The van der Waals surface area contributed by atoms with E-state index in [0.717, 1.165) is 30.9 Å². The first-order valence-electron chi connectivity index (χ1n) is 5.74. The van der Waals surface area contributed by atoms with Gasteiger partial charge in [0.05, 0.1) is 11.7 Å². The molecule has 0 spiro atoms. The molecule has 96 valence electrons. The van der Waals surface area contributed by atoms with Crippen LogP contribution in [0.4, 0.5) is 4.39 Å². The van der Waals surface area contributed by atoms with E-state index in [1.54, 1.807) is 12.4 Å². The fourth-order valence-electron chi connectivity index (χ4n) is 2.21. The number of aromatic nitrogens is 3. The molecule has 1 N–H and O–H groups in total. The maximum absolute atomic E-state index is 13.2. The van der Waals surface area contributed by atoms with E-state index < -0.39 is 0 Å². The second-order valence-corrected chi connectivity index (χ2v) is 4.19. The SMILES string of the molecule is Cl.Fc1cccc(-n2cnnc2C2CCCN2)c1. The molecule has 0 saturated carbocycles. The molecule has 2 heterocycles. The summed E-state index contributed by atoms with van der Waals surface area (Å²) < 4.78 is 15.0. The summed E-state index contributed by atoms with van der Waals surface area (Å²) >= 11 is 0. The van der Waals surface area contributed by atoms with Gasteiger partial charge in [-0.1, -0.05) is 6.07 Å². The molecular weight excluding hydrogens is 255 g/mol. The van der Waals surface area contributed by atoms with Crippen LogP contribution in [0.3, 0.4) is 0 Å². The van der Waals surface area contributed by atoms with Crippen LogP contribution in [0.25, 0.3) is 5.69 Å². The van der Waals surface area contributed by atoms with E-state index in [2.05, 4.69) is 15.5 Å². The highest BCUT2D eigenvalue weighted by Crippen LogP contribution is 2.23. The van der Waals surface area contributed by atoms with Crippen LogP contribution in [-0.2, 0) is 0 Å². The highest BCUT2D eigenvalue weighted by atomic mass is 35.5. The van der Waals surface area contributed by atoms with E-state index in [9.17, 15) is 4.39 Å². The average molecular weight is 269 g/mol. The largest absolute Gasteiger partial charge is 0.307 e. The lowest BCUT2D eigenvalue weighted by molar-refractivity contribution is 0.589. The fraction of sp³-hybridized carbons (Fsp3) is 0.333. The topological polar surface area (TPSA) is 42.7 Å². The molecule has 18 heavy (non-hydrogen) atoms. The van der Waals surface area contributed by atoms with Crippen molar-refractivity contribution in [1.82, 2.24) is 20.1 Å². The van der Waals surface area contributed by atoms with Crippen molar-refractivity contribution >= 4 is 12.4 Å².